The molecule has 0 aromatic heterocycles. The Morgan fingerprint density at radius 3 is 2.39 bits per heavy atom. The highest BCUT2D eigenvalue weighted by molar-refractivity contribution is 5.66. The third-order valence-electron chi connectivity index (χ3n) is 2.98. The third kappa shape index (κ3) is 2.51. The summed E-state index contributed by atoms with van der Waals surface area (Å²) in [6.45, 7) is 1.86. The van der Waals surface area contributed by atoms with E-state index in [1.165, 1.54) is 12.1 Å². The van der Waals surface area contributed by atoms with Gasteiger partial charge in [0.2, 0.25) is 0 Å². The molecule has 0 aliphatic rings. The molecule has 2 rings (SSSR count). The van der Waals surface area contributed by atoms with Crippen LogP contribution >= 0.6 is 0 Å². The molecule has 0 radical (unpaired) electrons. The summed E-state index contributed by atoms with van der Waals surface area (Å²) < 4.78 is 13.3. The predicted octanol–water partition coefficient (Wildman–Crippen LogP) is 3.61. The van der Waals surface area contributed by atoms with Gasteiger partial charge in [-0.05, 0) is 42.8 Å². The summed E-state index contributed by atoms with van der Waals surface area (Å²) in [5, 5.41) is 0. The van der Waals surface area contributed by atoms with E-state index in [9.17, 15) is 4.39 Å². The van der Waals surface area contributed by atoms with Crippen molar-refractivity contribution in [3.8, 4) is 0 Å². The van der Waals surface area contributed by atoms with Crippen LogP contribution in [0.4, 0.5) is 15.8 Å². The summed E-state index contributed by atoms with van der Waals surface area (Å²) in [6.07, 6.45) is 0. The van der Waals surface area contributed by atoms with Gasteiger partial charge in [-0.2, -0.15) is 0 Å². The molecule has 0 fully saturated rings. The molecule has 0 saturated heterocycles. The molecule has 2 N–H and O–H groups in total. The van der Waals surface area contributed by atoms with Crippen LogP contribution in [0.1, 0.15) is 18.5 Å². The minimum atomic E-state index is -0.257. The molecule has 3 heteroatoms. The van der Waals surface area contributed by atoms with Crippen molar-refractivity contribution in [1.29, 1.82) is 0 Å². The van der Waals surface area contributed by atoms with Crippen LogP contribution in [0.2, 0.25) is 0 Å². The number of nitrogens with zero attached hydrogens (tertiary/aromatic N) is 1. The van der Waals surface area contributed by atoms with Gasteiger partial charge in [-0.1, -0.05) is 18.2 Å². The van der Waals surface area contributed by atoms with Crippen LogP contribution in [0.5, 0.6) is 0 Å². The van der Waals surface area contributed by atoms with E-state index in [0.29, 0.717) is 0 Å². The number of hydrogen-bond acceptors (Lipinski definition) is 2. The summed E-state index contributed by atoms with van der Waals surface area (Å²) in [5.41, 5.74) is 8.69. The summed E-state index contributed by atoms with van der Waals surface area (Å²) in [4.78, 5) is 2.01. The summed E-state index contributed by atoms with van der Waals surface area (Å²) in [7, 11) is 1.95. The second-order valence-corrected chi connectivity index (χ2v) is 4.39. The van der Waals surface area contributed by atoms with E-state index in [4.69, 9.17) is 5.73 Å². The van der Waals surface area contributed by atoms with Crippen LogP contribution in [-0.4, -0.2) is 7.05 Å². The van der Waals surface area contributed by atoms with Gasteiger partial charge in [0.25, 0.3) is 0 Å². The topological polar surface area (TPSA) is 29.3 Å². The van der Waals surface area contributed by atoms with Crippen molar-refractivity contribution in [2.45, 2.75) is 13.0 Å². The van der Waals surface area contributed by atoms with Gasteiger partial charge in [-0.25, -0.2) is 4.39 Å². The molecule has 18 heavy (non-hydrogen) atoms. The Kier molecular flexibility index (Phi) is 3.63. The van der Waals surface area contributed by atoms with E-state index in [2.05, 4.69) is 0 Å². The highest BCUT2D eigenvalue weighted by Gasteiger charge is 2.12. The summed E-state index contributed by atoms with van der Waals surface area (Å²) >= 11 is 0. The van der Waals surface area contributed by atoms with Crippen molar-refractivity contribution in [1.82, 2.24) is 0 Å². The number of rotatable bonds is 3. The lowest BCUT2D eigenvalue weighted by Crippen LogP contribution is -2.15. The third-order valence-corrected chi connectivity index (χ3v) is 2.98. The molecule has 0 spiro atoms. The fourth-order valence-corrected chi connectivity index (χ4v) is 1.99. The highest BCUT2D eigenvalue weighted by atomic mass is 19.1. The number of hydrogen-bond donors (Lipinski definition) is 1. The molecular weight excluding hydrogens is 227 g/mol. The normalized spacial score (nSPS) is 12.2. The van der Waals surface area contributed by atoms with Crippen LogP contribution in [-0.2, 0) is 0 Å². The van der Waals surface area contributed by atoms with Gasteiger partial charge in [-0.15, -0.1) is 0 Å². The monoisotopic (exact) mass is 244 g/mol. The molecule has 1 atom stereocenters. The Balaban J connectivity index is 2.45. The smallest absolute Gasteiger partial charge is 0.123 e. The van der Waals surface area contributed by atoms with Crippen molar-refractivity contribution in [2.24, 2.45) is 5.73 Å². The SMILES string of the molecule is C[C@H](N)c1cc(F)ccc1N(C)c1ccccc1. The molecule has 0 aliphatic carbocycles. The van der Waals surface area contributed by atoms with Crippen molar-refractivity contribution in [3.05, 3.63) is 59.9 Å². The zero-order valence-corrected chi connectivity index (χ0v) is 10.6. The molecule has 2 aromatic carbocycles. The van der Waals surface area contributed by atoms with E-state index < -0.39 is 0 Å². The maximum absolute atomic E-state index is 13.3. The first-order valence-corrected chi connectivity index (χ1v) is 5.93. The Morgan fingerprint density at radius 1 is 1.11 bits per heavy atom. The lowest BCUT2D eigenvalue weighted by molar-refractivity contribution is 0.622. The Morgan fingerprint density at radius 2 is 1.78 bits per heavy atom. The van der Waals surface area contributed by atoms with Crippen molar-refractivity contribution in [2.75, 3.05) is 11.9 Å². The van der Waals surface area contributed by atoms with Crippen molar-refractivity contribution < 1.29 is 4.39 Å². The van der Waals surface area contributed by atoms with Crippen molar-refractivity contribution in [3.63, 3.8) is 0 Å². The molecule has 2 nitrogen and oxygen atoms in total. The molecular formula is C15H17FN2. The fourth-order valence-electron chi connectivity index (χ4n) is 1.99. The Hall–Kier alpha value is -1.87. The predicted molar refractivity (Wildman–Crippen MR) is 73.5 cm³/mol. The fraction of sp³-hybridized carbons (Fsp3) is 0.200. The minimum Gasteiger partial charge on any atom is -0.344 e. The van der Waals surface area contributed by atoms with Gasteiger partial charge < -0.3 is 10.6 Å². The number of benzene rings is 2. The second kappa shape index (κ2) is 5.19. The molecule has 94 valence electrons. The summed E-state index contributed by atoms with van der Waals surface area (Å²) in [6, 6.07) is 14.4. The first-order valence-electron chi connectivity index (χ1n) is 5.93. The van der Waals surface area contributed by atoms with Gasteiger partial charge in [0.05, 0.1) is 0 Å². The number of halogens is 1. The average Bonchev–Trinajstić information content (AvgIpc) is 2.39. The Bertz CT molecular complexity index is 523. The lowest BCUT2D eigenvalue weighted by Gasteiger charge is -2.24. The first kappa shape index (κ1) is 12.6. The maximum Gasteiger partial charge on any atom is 0.123 e. The zero-order chi connectivity index (χ0) is 13.1. The number of anilines is 2. The van der Waals surface area contributed by atoms with Crippen molar-refractivity contribution >= 4 is 11.4 Å². The van der Waals surface area contributed by atoms with E-state index in [1.807, 2.05) is 49.2 Å². The van der Waals surface area contributed by atoms with Crippen LogP contribution in [0, 0.1) is 5.82 Å². The maximum atomic E-state index is 13.3. The van der Waals surface area contributed by atoms with Gasteiger partial charge in [-0.3, -0.25) is 0 Å². The Labute approximate surface area is 107 Å². The highest BCUT2D eigenvalue weighted by Crippen LogP contribution is 2.30. The van der Waals surface area contributed by atoms with E-state index in [-0.39, 0.29) is 11.9 Å². The lowest BCUT2D eigenvalue weighted by atomic mass is 10.1. The van der Waals surface area contributed by atoms with Crippen LogP contribution < -0.4 is 10.6 Å². The molecule has 0 bridgehead atoms. The van der Waals surface area contributed by atoms with E-state index in [1.54, 1.807) is 6.07 Å². The van der Waals surface area contributed by atoms with E-state index in [0.717, 1.165) is 16.9 Å². The summed E-state index contributed by atoms with van der Waals surface area (Å²) in [5.74, 6) is -0.257. The molecule has 0 unspecified atom stereocenters. The quantitative estimate of drug-likeness (QED) is 0.893. The molecule has 0 aliphatic heterocycles. The standard InChI is InChI=1S/C15H17FN2/c1-11(17)14-10-12(16)8-9-15(14)18(2)13-6-4-3-5-7-13/h3-11H,17H2,1-2H3/t11-/m0/s1. The van der Waals surface area contributed by atoms with Gasteiger partial charge in [0.15, 0.2) is 0 Å². The second-order valence-electron chi connectivity index (χ2n) is 4.39. The van der Waals surface area contributed by atoms with Crippen LogP contribution in [0.3, 0.4) is 0 Å². The first-order chi connectivity index (χ1) is 8.59. The van der Waals surface area contributed by atoms with Gasteiger partial charge >= 0.3 is 0 Å². The van der Waals surface area contributed by atoms with Crippen LogP contribution in [0.25, 0.3) is 0 Å². The molecule has 0 heterocycles. The van der Waals surface area contributed by atoms with Gasteiger partial charge in [0.1, 0.15) is 5.82 Å². The zero-order valence-electron chi connectivity index (χ0n) is 10.6. The van der Waals surface area contributed by atoms with Crippen LogP contribution in [0.15, 0.2) is 48.5 Å². The average molecular weight is 244 g/mol. The number of nitrogens with two attached hydrogens (primary N) is 1. The van der Waals surface area contributed by atoms with Gasteiger partial charge in [0, 0.05) is 24.5 Å². The molecule has 0 saturated carbocycles. The minimum absolute atomic E-state index is 0.207. The van der Waals surface area contributed by atoms with E-state index >= 15 is 0 Å². The molecule has 2 aromatic rings. The largest absolute Gasteiger partial charge is 0.344 e. The molecule has 0 amide bonds. The number of para-hydroxylation sites is 1.